The number of carbonyl (C=O) groups excluding carboxylic acids is 2. The third-order valence-corrected chi connectivity index (χ3v) is 6.35. The second kappa shape index (κ2) is 9.36. The van der Waals surface area contributed by atoms with Gasteiger partial charge in [-0.3, -0.25) is 9.59 Å². The maximum absolute atomic E-state index is 12.7. The Morgan fingerprint density at radius 1 is 1.19 bits per heavy atom. The van der Waals surface area contributed by atoms with Crippen LogP contribution in [0, 0.1) is 25.7 Å². The van der Waals surface area contributed by atoms with E-state index in [0.717, 1.165) is 28.1 Å². The lowest BCUT2D eigenvalue weighted by Crippen LogP contribution is -3.15. The molecule has 1 aromatic rings. The van der Waals surface area contributed by atoms with Gasteiger partial charge >= 0.3 is 0 Å². The molecule has 5 atom stereocenters. The molecule has 2 amide bonds. The highest BCUT2D eigenvalue weighted by atomic mass is 16.2. The van der Waals surface area contributed by atoms with Crippen LogP contribution in [-0.4, -0.2) is 37.5 Å². The number of hydrogen-bond donors (Lipinski definition) is 3. The topological polar surface area (TPSA) is 62.6 Å². The van der Waals surface area contributed by atoms with Gasteiger partial charge in [-0.1, -0.05) is 44.9 Å². The lowest BCUT2D eigenvalue weighted by molar-refractivity contribution is -0.885. The van der Waals surface area contributed by atoms with Crippen LogP contribution in [0.3, 0.4) is 0 Å². The molecule has 1 unspecified atom stereocenters. The van der Waals surface area contributed by atoms with Crippen LogP contribution in [0.15, 0.2) is 18.2 Å². The van der Waals surface area contributed by atoms with E-state index in [4.69, 9.17) is 0 Å². The molecule has 1 fully saturated rings. The van der Waals surface area contributed by atoms with Crippen molar-refractivity contribution in [3.63, 3.8) is 0 Å². The first kappa shape index (κ1) is 21.4. The predicted octanol–water partition coefficient (Wildman–Crippen LogP) is 2.09. The number of nitrogens with one attached hydrogen (secondary N) is 3. The summed E-state index contributed by atoms with van der Waals surface area (Å²) in [6.45, 7) is 10.6. The summed E-state index contributed by atoms with van der Waals surface area (Å²) in [6.07, 6.45) is 3.47. The van der Waals surface area contributed by atoms with Gasteiger partial charge in [-0.25, -0.2) is 0 Å². The van der Waals surface area contributed by atoms with Crippen LogP contribution in [0.1, 0.15) is 51.2 Å². The van der Waals surface area contributed by atoms with Gasteiger partial charge < -0.3 is 15.5 Å². The quantitative estimate of drug-likeness (QED) is 0.714. The lowest BCUT2D eigenvalue weighted by atomic mass is 9.78. The van der Waals surface area contributed by atoms with E-state index in [1.54, 1.807) is 0 Å². The zero-order valence-corrected chi connectivity index (χ0v) is 17.7. The van der Waals surface area contributed by atoms with Gasteiger partial charge in [-0.05, 0) is 50.2 Å². The average Bonchev–Trinajstić information content (AvgIpc) is 2.61. The fourth-order valence-corrected chi connectivity index (χ4v) is 3.92. The molecule has 0 heterocycles. The number of quaternary nitrogens is 1. The summed E-state index contributed by atoms with van der Waals surface area (Å²) in [6, 6.07) is 5.94. The number of carbonyl (C=O) groups is 2. The molecule has 2 rings (SSSR count). The minimum atomic E-state index is -0.266. The Balaban J connectivity index is 1.89. The van der Waals surface area contributed by atoms with Crippen molar-refractivity contribution < 1.29 is 14.5 Å². The highest BCUT2D eigenvalue weighted by molar-refractivity contribution is 5.93. The Morgan fingerprint density at radius 3 is 2.44 bits per heavy atom. The molecule has 0 radical (unpaired) electrons. The fourth-order valence-electron chi connectivity index (χ4n) is 3.92. The van der Waals surface area contributed by atoms with Crippen molar-refractivity contribution in [1.29, 1.82) is 0 Å². The maximum Gasteiger partial charge on any atom is 0.279 e. The molecule has 1 aliphatic carbocycles. The molecule has 1 aromatic carbocycles. The molecule has 0 saturated heterocycles. The summed E-state index contributed by atoms with van der Waals surface area (Å²) in [5, 5.41) is 6.24. The number of anilines is 1. The van der Waals surface area contributed by atoms with Gasteiger partial charge in [-0.2, -0.15) is 0 Å². The molecule has 0 aliphatic heterocycles. The first-order valence-corrected chi connectivity index (χ1v) is 10.2. The standard InChI is InChI=1S/C22H35N3O2/c1-14-9-8-12-19(17(14)4)23-22(27)18(5)25(6)13-20(26)24-21-15(2)10-7-11-16(21)3/h7,10-11,14,17-19H,8-9,12-13H2,1-6H3,(H,23,27)(H,24,26)/p+1/t14-,17-,18+,19+/m0/s1. The fraction of sp³-hybridized carbons (Fsp3) is 0.636. The van der Waals surface area contributed by atoms with Crippen LogP contribution in [0.4, 0.5) is 5.69 Å². The van der Waals surface area contributed by atoms with Crippen molar-refractivity contribution in [2.75, 3.05) is 18.9 Å². The number of aryl methyl sites for hydroxylation is 2. The van der Waals surface area contributed by atoms with Gasteiger partial charge in [0.1, 0.15) is 0 Å². The van der Waals surface area contributed by atoms with E-state index in [0.29, 0.717) is 11.8 Å². The molecular weight excluding hydrogens is 338 g/mol. The molecular formula is C22H36N3O2+. The van der Waals surface area contributed by atoms with E-state index in [-0.39, 0.29) is 30.4 Å². The largest absolute Gasteiger partial charge is 0.348 e. The van der Waals surface area contributed by atoms with Gasteiger partial charge in [0.25, 0.3) is 11.8 Å². The Morgan fingerprint density at radius 2 is 1.81 bits per heavy atom. The predicted molar refractivity (Wildman–Crippen MR) is 110 cm³/mol. The summed E-state index contributed by atoms with van der Waals surface area (Å²) >= 11 is 0. The van der Waals surface area contributed by atoms with Crippen LogP contribution in [-0.2, 0) is 9.59 Å². The zero-order valence-electron chi connectivity index (χ0n) is 17.7. The molecule has 5 nitrogen and oxygen atoms in total. The van der Waals surface area contributed by atoms with Crippen LogP contribution in [0.25, 0.3) is 0 Å². The molecule has 1 saturated carbocycles. The van der Waals surface area contributed by atoms with Crippen LogP contribution in [0.2, 0.25) is 0 Å². The van der Waals surface area contributed by atoms with Crippen LogP contribution >= 0.6 is 0 Å². The summed E-state index contributed by atoms with van der Waals surface area (Å²) in [4.78, 5) is 26.1. The summed E-state index contributed by atoms with van der Waals surface area (Å²) in [5.41, 5.74) is 2.97. The molecule has 5 heteroatoms. The number of hydrogen-bond acceptors (Lipinski definition) is 2. The molecule has 0 spiro atoms. The second-order valence-electron chi connectivity index (χ2n) is 8.44. The third-order valence-electron chi connectivity index (χ3n) is 6.35. The minimum absolute atomic E-state index is 0.0401. The summed E-state index contributed by atoms with van der Waals surface area (Å²) in [7, 11) is 1.90. The maximum atomic E-state index is 12.7. The Bertz CT molecular complexity index is 653. The average molecular weight is 375 g/mol. The van der Waals surface area contributed by atoms with E-state index in [1.807, 2.05) is 46.0 Å². The van der Waals surface area contributed by atoms with Gasteiger partial charge in [0.2, 0.25) is 0 Å². The van der Waals surface area contributed by atoms with Gasteiger partial charge in [0.05, 0.1) is 7.05 Å². The molecule has 1 aliphatic rings. The van der Waals surface area contributed by atoms with Crippen molar-refractivity contribution in [2.24, 2.45) is 11.8 Å². The Labute approximate surface area is 163 Å². The number of para-hydroxylation sites is 1. The molecule has 27 heavy (non-hydrogen) atoms. The van der Waals surface area contributed by atoms with E-state index >= 15 is 0 Å². The highest BCUT2D eigenvalue weighted by Crippen LogP contribution is 2.29. The van der Waals surface area contributed by atoms with Crippen LogP contribution in [0.5, 0.6) is 0 Å². The Kier molecular flexibility index (Phi) is 7.42. The molecule has 0 bridgehead atoms. The van der Waals surface area contributed by atoms with E-state index in [1.165, 1.54) is 12.8 Å². The molecule has 0 aromatic heterocycles. The molecule has 3 N–H and O–H groups in total. The first-order valence-electron chi connectivity index (χ1n) is 10.2. The van der Waals surface area contributed by atoms with Crippen molar-refractivity contribution >= 4 is 17.5 Å². The smallest absolute Gasteiger partial charge is 0.279 e. The van der Waals surface area contributed by atoms with E-state index < -0.39 is 0 Å². The lowest BCUT2D eigenvalue weighted by Gasteiger charge is -2.35. The van der Waals surface area contributed by atoms with Gasteiger partial charge in [0, 0.05) is 11.7 Å². The summed E-state index contributed by atoms with van der Waals surface area (Å²) in [5.74, 6) is 1.12. The number of amides is 2. The monoisotopic (exact) mass is 374 g/mol. The Hall–Kier alpha value is -1.88. The summed E-state index contributed by atoms with van der Waals surface area (Å²) < 4.78 is 0. The number of benzene rings is 1. The minimum Gasteiger partial charge on any atom is -0.348 e. The number of rotatable bonds is 6. The van der Waals surface area contributed by atoms with Crippen molar-refractivity contribution in [2.45, 2.75) is 66.0 Å². The normalized spacial score (nSPS) is 24.7. The third kappa shape index (κ3) is 5.55. The molecule has 150 valence electrons. The SMILES string of the molecule is Cc1cccc(C)c1NC(=O)C[NH+](C)[C@H](C)C(=O)N[C@@H]1CCC[C@H](C)[C@@H]1C. The van der Waals surface area contributed by atoms with E-state index in [9.17, 15) is 9.59 Å². The van der Waals surface area contributed by atoms with Gasteiger partial charge in [0.15, 0.2) is 12.6 Å². The first-order chi connectivity index (χ1) is 12.7. The van der Waals surface area contributed by atoms with Crippen molar-refractivity contribution in [3.8, 4) is 0 Å². The van der Waals surface area contributed by atoms with E-state index in [2.05, 4.69) is 24.5 Å². The second-order valence-corrected chi connectivity index (χ2v) is 8.44. The van der Waals surface area contributed by atoms with Crippen molar-refractivity contribution in [1.82, 2.24) is 5.32 Å². The zero-order chi connectivity index (χ0) is 20.1. The van der Waals surface area contributed by atoms with Crippen molar-refractivity contribution in [3.05, 3.63) is 29.3 Å². The number of likely N-dealkylation sites (N-methyl/N-ethyl adjacent to an activating group) is 1. The van der Waals surface area contributed by atoms with Crippen LogP contribution < -0.4 is 15.5 Å². The highest BCUT2D eigenvalue weighted by Gasteiger charge is 2.31. The van der Waals surface area contributed by atoms with Gasteiger partial charge in [-0.15, -0.1) is 0 Å².